The van der Waals surface area contributed by atoms with Crippen molar-refractivity contribution in [3.8, 4) is 11.5 Å². The second kappa shape index (κ2) is 7.74. The molecule has 2 aliphatic rings. The van der Waals surface area contributed by atoms with E-state index in [9.17, 15) is 4.79 Å². The van der Waals surface area contributed by atoms with Crippen LogP contribution in [0.15, 0.2) is 42.6 Å². The van der Waals surface area contributed by atoms with E-state index in [1.54, 1.807) is 6.07 Å². The fraction of sp³-hybridized carbons (Fsp3) is 0.400. The summed E-state index contributed by atoms with van der Waals surface area (Å²) in [6.07, 6.45) is 3.26. The predicted octanol–water partition coefficient (Wildman–Crippen LogP) is 2.60. The molecule has 1 aromatic heterocycles. The lowest BCUT2D eigenvalue weighted by molar-refractivity contribution is 0.0973. The quantitative estimate of drug-likeness (QED) is 0.744. The van der Waals surface area contributed by atoms with Gasteiger partial charge in [-0.1, -0.05) is 6.07 Å². The van der Waals surface area contributed by atoms with Gasteiger partial charge in [-0.25, -0.2) is 4.98 Å². The van der Waals surface area contributed by atoms with E-state index in [2.05, 4.69) is 20.9 Å². The van der Waals surface area contributed by atoms with Crippen LogP contribution < -0.4 is 14.4 Å². The fourth-order valence-corrected chi connectivity index (χ4v) is 3.42. The molecule has 26 heavy (non-hydrogen) atoms. The number of fused-ring (bicyclic) bond motifs is 1. The molecule has 0 N–H and O–H groups in total. The molecule has 136 valence electrons. The number of benzene rings is 1. The van der Waals surface area contributed by atoms with Gasteiger partial charge in [0.05, 0.1) is 0 Å². The molecule has 4 rings (SSSR count). The van der Waals surface area contributed by atoms with Crippen LogP contribution in [0.4, 0.5) is 5.82 Å². The molecular formula is C20H23N3O3. The largest absolute Gasteiger partial charge is 0.454 e. The van der Waals surface area contributed by atoms with Gasteiger partial charge in [0.2, 0.25) is 6.79 Å². The molecule has 0 radical (unpaired) electrons. The number of pyridine rings is 1. The Labute approximate surface area is 153 Å². The van der Waals surface area contributed by atoms with Crippen LogP contribution in [0.25, 0.3) is 0 Å². The normalized spacial score (nSPS) is 16.7. The van der Waals surface area contributed by atoms with Crippen molar-refractivity contribution in [1.82, 2.24) is 9.88 Å². The topological polar surface area (TPSA) is 54.9 Å². The van der Waals surface area contributed by atoms with Crippen molar-refractivity contribution in [1.29, 1.82) is 0 Å². The second-order valence-electron chi connectivity index (χ2n) is 6.61. The SMILES string of the molecule is O=C(CCCN1CCN(c2ccccn2)CC1)c1ccc2c(c1)OCO2. The Bertz CT molecular complexity index is 758. The Hall–Kier alpha value is -2.60. The van der Waals surface area contributed by atoms with Gasteiger partial charge in [-0.2, -0.15) is 0 Å². The van der Waals surface area contributed by atoms with Gasteiger partial charge in [0.1, 0.15) is 5.82 Å². The van der Waals surface area contributed by atoms with Crippen LogP contribution in [-0.2, 0) is 0 Å². The summed E-state index contributed by atoms with van der Waals surface area (Å²) in [5, 5.41) is 0. The van der Waals surface area contributed by atoms with Gasteiger partial charge in [0.25, 0.3) is 0 Å². The van der Waals surface area contributed by atoms with Crippen LogP contribution in [0.1, 0.15) is 23.2 Å². The molecule has 0 amide bonds. The minimum Gasteiger partial charge on any atom is -0.454 e. The van der Waals surface area contributed by atoms with E-state index in [0.29, 0.717) is 23.5 Å². The summed E-state index contributed by atoms with van der Waals surface area (Å²) in [6.45, 7) is 5.16. The van der Waals surface area contributed by atoms with Gasteiger partial charge in [-0.3, -0.25) is 9.69 Å². The summed E-state index contributed by atoms with van der Waals surface area (Å²) in [5.41, 5.74) is 0.703. The smallest absolute Gasteiger partial charge is 0.231 e. The number of nitrogens with zero attached hydrogens (tertiary/aromatic N) is 3. The first-order chi connectivity index (χ1) is 12.8. The zero-order valence-corrected chi connectivity index (χ0v) is 14.8. The molecule has 0 bridgehead atoms. The molecule has 6 heteroatoms. The van der Waals surface area contributed by atoms with Gasteiger partial charge in [0, 0.05) is 44.4 Å². The summed E-state index contributed by atoms with van der Waals surface area (Å²) in [6, 6.07) is 11.4. The third kappa shape index (κ3) is 3.80. The zero-order chi connectivity index (χ0) is 17.8. The first-order valence-corrected chi connectivity index (χ1v) is 9.11. The maximum Gasteiger partial charge on any atom is 0.231 e. The predicted molar refractivity (Wildman–Crippen MR) is 99.0 cm³/mol. The van der Waals surface area contributed by atoms with Gasteiger partial charge >= 0.3 is 0 Å². The third-order valence-corrected chi connectivity index (χ3v) is 4.92. The number of ether oxygens (including phenoxy) is 2. The monoisotopic (exact) mass is 353 g/mol. The average Bonchev–Trinajstić information content (AvgIpc) is 3.17. The van der Waals surface area contributed by atoms with Crippen LogP contribution in [-0.4, -0.2) is 55.2 Å². The Balaban J connectivity index is 1.21. The lowest BCUT2D eigenvalue weighted by atomic mass is 10.1. The maximum absolute atomic E-state index is 12.4. The van der Waals surface area contributed by atoms with E-state index in [-0.39, 0.29) is 12.6 Å². The number of piperazine rings is 1. The summed E-state index contributed by atoms with van der Waals surface area (Å²) >= 11 is 0. The number of Topliss-reactive ketones (excluding diaryl/α,β-unsaturated/α-hetero) is 1. The highest BCUT2D eigenvalue weighted by molar-refractivity contribution is 5.96. The molecule has 0 saturated carbocycles. The van der Waals surface area contributed by atoms with Crippen LogP contribution in [0.3, 0.4) is 0 Å². The maximum atomic E-state index is 12.4. The summed E-state index contributed by atoms with van der Waals surface area (Å²) in [7, 11) is 0. The first-order valence-electron chi connectivity index (χ1n) is 9.11. The van der Waals surface area contributed by atoms with E-state index in [1.807, 2.05) is 30.5 Å². The van der Waals surface area contributed by atoms with Gasteiger partial charge in [-0.05, 0) is 43.3 Å². The Kier molecular flexibility index (Phi) is 5.02. The highest BCUT2D eigenvalue weighted by Gasteiger charge is 2.19. The van der Waals surface area contributed by atoms with Crippen molar-refractivity contribution in [2.24, 2.45) is 0 Å². The number of aromatic nitrogens is 1. The molecule has 0 atom stereocenters. The lowest BCUT2D eigenvalue weighted by Gasteiger charge is -2.35. The number of hydrogen-bond donors (Lipinski definition) is 0. The van der Waals surface area contributed by atoms with E-state index < -0.39 is 0 Å². The Morgan fingerprint density at radius 2 is 1.88 bits per heavy atom. The number of ketones is 1. The van der Waals surface area contributed by atoms with Crippen molar-refractivity contribution in [2.45, 2.75) is 12.8 Å². The zero-order valence-electron chi connectivity index (χ0n) is 14.8. The lowest BCUT2D eigenvalue weighted by Crippen LogP contribution is -2.46. The average molecular weight is 353 g/mol. The van der Waals surface area contributed by atoms with Crippen molar-refractivity contribution >= 4 is 11.6 Å². The van der Waals surface area contributed by atoms with Crippen LogP contribution in [0.2, 0.25) is 0 Å². The first kappa shape index (κ1) is 16.8. The minimum absolute atomic E-state index is 0.162. The van der Waals surface area contributed by atoms with E-state index >= 15 is 0 Å². The molecule has 1 aromatic carbocycles. The number of carbonyl (C=O) groups excluding carboxylic acids is 1. The fourth-order valence-electron chi connectivity index (χ4n) is 3.42. The number of anilines is 1. The number of rotatable bonds is 6. The summed E-state index contributed by atoms with van der Waals surface area (Å²) in [5.74, 6) is 2.59. The van der Waals surface area contributed by atoms with Crippen LogP contribution >= 0.6 is 0 Å². The standard InChI is InChI=1S/C20H23N3O3/c24-17(16-6-7-18-19(14-16)26-15-25-18)4-3-9-22-10-12-23(13-11-22)20-5-1-2-8-21-20/h1-2,5-8,14H,3-4,9-13,15H2. The molecular weight excluding hydrogens is 330 g/mol. The van der Waals surface area contributed by atoms with Gasteiger partial charge in [-0.15, -0.1) is 0 Å². The van der Waals surface area contributed by atoms with E-state index in [4.69, 9.17) is 9.47 Å². The summed E-state index contributed by atoms with van der Waals surface area (Å²) in [4.78, 5) is 21.5. The van der Waals surface area contributed by atoms with Gasteiger partial charge < -0.3 is 14.4 Å². The Morgan fingerprint density at radius 1 is 1.04 bits per heavy atom. The summed E-state index contributed by atoms with van der Waals surface area (Å²) < 4.78 is 10.6. The van der Waals surface area contributed by atoms with Crippen molar-refractivity contribution in [2.75, 3.05) is 44.4 Å². The molecule has 2 aromatic rings. The molecule has 6 nitrogen and oxygen atoms in total. The molecule has 2 aliphatic heterocycles. The number of carbonyl (C=O) groups is 1. The third-order valence-electron chi connectivity index (χ3n) is 4.92. The van der Waals surface area contributed by atoms with Crippen LogP contribution in [0, 0.1) is 0 Å². The second-order valence-corrected chi connectivity index (χ2v) is 6.61. The highest BCUT2D eigenvalue weighted by atomic mass is 16.7. The van der Waals surface area contributed by atoms with Crippen molar-refractivity contribution in [3.63, 3.8) is 0 Å². The van der Waals surface area contributed by atoms with E-state index in [1.165, 1.54) is 0 Å². The van der Waals surface area contributed by atoms with Crippen LogP contribution in [0.5, 0.6) is 11.5 Å². The van der Waals surface area contributed by atoms with Gasteiger partial charge in [0.15, 0.2) is 17.3 Å². The minimum atomic E-state index is 0.162. The highest BCUT2D eigenvalue weighted by Crippen LogP contribution is 2.32. The Morgan fingerprint density at radius 3 is 2.69 bits per heavy atom. The molecule has 0 unspecified atom stereocenters. The van der Waals surface area contributed by atoms with E-state index in [0.717, 1.165) is 45.0 Å². The molecule has 0 aliphatic carbocycles. The molecule has 1 fully saturated rings. The molecule has 1 saturated heterocycles. The number of hydrogen-bond acceptors (Lipinski definition) is 6. The van der Waals surface area contributed by atoms with Crippen molar-refractivity contribution in [3.05, 3.63) is 48.2 Å². The van der Waals surface area contributed by atoms with Crippen molar-refractivity contribution < 1.29 is 14.3 Å². The molecule has 0 spiro atoms. The molecule has 3 heterocycles.